The minimum atomic E-state index is 0.165. The molecule has 4 nitrogen and oxygen atoms in total. The van der Waals surface area contributed by atoms with Crippen molar-refractivity contribution in [3.63, 3.8) is 0 Å². The highest BCUT2D eigenvalue weighted by molar-refractivity contribution is 5.75. The number of nitrogens with zero attached hydrogens (tertiary/aromatic N) is 1. The Morgan fingerprint density at radius 1 is 1.64 bits per heavy atom. The van der Waals surface area contributed by atoms with Gasteiger partial charge in [-0.25, -0.2) is 0 Å². The van der Waals surface area contributed by atoms with E-state index in [0.717, 1.165) is 32.7 Å². The summed E-state index contributed by atoms with van der Waals surface area (Å²) in [5, 5.41) is 6.15. The maximum atomic E-state index is 11.2. The van der Waals surface area contributed by atoms with Gasteiger partial charge in [-0.05, 0) is 13.8 Å². The van der Waals surface area contributed by atoms with Crippen molar-refractivity contribution in [2.75, 3.05) is 32.7 Å². The van der Waals surface area contributed by atoms with Crippen LogP contribution in [0.2, 0.25) is 0 Å². The van der Waals surface area contributed by atoms with Crippen molar-refractivity contribution in [1.82, 2.24) is 15.5 Å². The van der Waals surface area contributed by atoms with Gasteiger partial charge in [0.15, 0.2) is 0 Å². The fourth-order valence-electron chi connectivity index (χ4n) is 1.75. The van der Waals surface area contributed by atoms with Crippen LogP contribution in [0.15, 0.2) is 0 Å². The van der Waals surface area contributed by atoms with Gasteiger partial charge in [0.1, 0.15) is 0 Å². The van der Waals surface area contributed by atoms with E-state index in [1.54, 1.807) is 0 Å². The van der Waals surface area contributed by atoms with Crippen LogP contribution in [0.3, 0.4) is 0 Å². The summed E-state index contributed by atoms with van der Waals surface area (Å²) < 4.78 is 0. The number of nitrogens with one attached hydrogen (secondary N) is 2. The molecule has 1 atom stereocenters. The molecule has 1 rings (SSSR count). The Bertz CT molecular complexity index is 184. The van der Waals surface area contributed by atoms with Crippen LogP contribution in [-0.2, 0) is 4.79 Å². The molecule has 0 aromatic rings. The summed E-state index contributed by atoms with van der Waals surface area (Å²) in [5.41, 5.74) is 0. The summed E-state index contributed by atoms with van der Waals surface area (Å²) in [6.07, 6.45) is 0.623. The third-order valence-corrected chi connectivity index (χ3v) is 2.64. The molecule has 14 heavy (non-hydrogen) atoms. The van der Waals surface area contributed by atoms with Gasteiger partial charge in [0.25, 0.3) is 0 Å². The van der Waals surface area contributed by atoms with E-state index in [0.29, 0.717) is 12.5 Å². The largest absolute Gasteiger partial charge is 0.356 e. The normalized spacial score (nSPS) is 23.4. The van der Waals surface area contributed by atoms with Crippen LogP contribution in [0, 0.1) is 0 Å². The Balaban J connectivity index is 2.19. The van der Waals surface area contributed by atoms with Crippen molar-refractivity contribution in [2.45, 2.75) is 26.3 Å². The lowest BCUT2D eigenvalue weighted by Crippen LogP contribution is -2.50. The Labute approximate surface area is 86.0 Å². The van der Waals surface area contributed by atoms with Crippen molar-refractivity contribution in [1.29, 1.82) is 0 Å². The monoisotopic (exact) mass is 199 g/mol. The molecule has 0 spiro atoms. The number of rotatable bonds is 4. The van der Waals surface area contributed by atoms with Crippen LogP contribution >= 0.6 is 0 Å². The predicted octanol–water partition coefficient (Wildman–Crippen LogP) is -0.194. The molecule has 0 aromatic heterocycles. The molecule has 0 unspecified atom stereocenters. The standard InChI is InChI=1S/C10H21N3O/c1-3-12-10(14)4-6-13-7-5-11-8-9(13)2/h9,11H,3-8H2,1-2H3,(H,12,14)/t9-/m1/s1. The van der Waals surface area contributed by atoms with Gasteiger partial charge in [-0.15, -0.1) is 0 Å². The first-order chi connectivity index (χ1) is 6.74. The van der Waals surface area contributed by atoms with Crippen molar-refractivity contribution < 1.29 is 4.79 Å². The third-order valence-electron chi connectivity index (χ3n) is 2.64. The Morgan fingerprint density at radius 3 is 3.07 bits per heavy atom. The molecular formula is C10H21N3O. The molecule has 1 aliphatic rings. The second-order valence-corrected chi connectivity index (χ2v) is 3.79. The first kappa shape index (κ1) is 11.5. The minimum absolute atomic E-state index is 0.165. The van der Waals surface area contributed by atoms with Crippen LogP contribution < -0.4 is 10.6 Å². The van der Waals surface area contributed by atoms with Crippen molar-refractivity contribution in [3.05, 3.63) is 0 Å². The summed E-state index contributed by atoms with van der Waals surface area (Å²) in [6, 6.07) is 0.554. The highest BCUT2D eigenvalue weighted by atomic mass is 16.1. The minimum Gasteiger partial charge on any atom is -0.356 e. The zero-order chi connectivity index (χ0) is 10.4. The van der Waals surface area contributed by atoms with Gasteiger partial charge in [0, 0.05) is 45.2 Å². The zero-order valence-corrected chi connectivity index (χ0v) is 9.18. The number of carbonyl (C=O) groups excluding carboxylic acids is 1. The maximum absolute atomic E-state index is 11.2. The molecule has 1 amide bonds. The van der Waals surface area contributed by atoms with E-state index in [1.807, 2.05) is 6.92 Å². The summed E-state index contributed by atoms with van der Waals surface area (Å²) >= 11 is 0. The topological polar surface area (TPSA) is 44.4 Å². The maximum Gasteiger partial charge on any atom is 0.221 e. The molecule has 0 radical (unpaired) electrons. The molecule has 0 saturated carbocycles. The summed E-state index contributed by atoms with van der Waals surface area (Å²) in [5.74, 6) is 0.165. The van der Waals surface area contributed by atoms with Gasteiger partial charge in [0.2, 0.25) is 5.91 Å². The van der Waals surface area contributed by atoms with E-state index >= 15 is 0 Å². The second-order valence-electron chi connectivity index (χ2n) is 3.79. The molecule has 1 aliphatic heterocycles. The number of carbonyl (C=O) groups is 1. The zero-order valence-electron chi connectivity index (χ0n) is 9.18. The molecule has 0 bridgehead atoms. The van der Waals surface area contributed by atoms with Gasteiger partial charge in [-0.1, -0.05) is 0 Å². The van der Waals surface area contributed by atoms with E-state index in [2.05, 4.69) is 22.5 Å². The van der Waals surface area contributed by atoms with Crippen LogP contribution in [-0.4, -0.2) is 49.6 Å². The molecule has 0 aromatic carbocycles. The summed E-state index contributed by atoms with van der Waals surface area (Å²) in [4.78, 5) is 13.6. The predicted molar refractivity (Wildman–Crippen MR) is 57.2 cm³/mol. The van der Waals surface area contributed by atoms with E-state index in [1.165, 1.54) is 0 Å². The second kappa shape index (κ2) is 5.98. The summed E-state index contributed by atoms with van der Waals surface area (Å²) in [7, 11) is 0. The lowest BCUT2D eigenvalue weighted by atomic mass is 10.2. The lowest BCUT2D eigenvalue weighted by molar-refractivity contribution is -0.121. The molecular weight excluding hydrogens is 178 g/mol. The molecule has 1 heterocycles. The Hall–Kier alpha value is -0.610. The first-order valence-corrected chi connectivity index (χ1v) is 5.45. The molecule has 0 aliphatic carbocycles. The van der Waals surface area contributed by atoms with Gasteiger partial charge >= 0.3 is 0 Å². The molecule has 1 fully saturated rings. The Morgan fingerprint density at radius 2 is 2.43 bits per heavy atom. The smallest absolute Gasteiger partial charge is 0.221 e. The number of amides is 1. The summed E-state index contributed by atoms with van der Waals surface area (Å²) in [6.45, 7) is 8.90. The van der Waals surface area contributed by atoms with E-state index < -0.39 is 0 Å². The van der Waals surface area contributed by atoms with Gasteiger partial charge < -0.3 is 10.6 Å². The fourth-order valence-corrected chi connectivity index (χ4v) is 1.75. The SMILES string of the molecule is CCNC(=O)CCN1CCNC[C@H]1C. The van der Waals surface area contributed by atoms with Crippen LogP contribution in [0.4, 0.5) is 0 Å². The van der Waals surface area contributed by atoms with Crippen LogP contribution in [0.25, 0.3) is 0 Å². The molecule has 4 heteroatoms. The van der Waals surface area contributed by atoms with Crippen molar-refractivity contribution in [2.24, 2.45) is 0 Å². The van der Waals surface area contributed by atoms with Gasteiger partial charge in [0.05, 0.1) is 0 Å². The average molecular weight is 199 g/mol. The van der Waals surface area contributed by atoms with Crippen LogP contribution in [0.1, 0.15) is 20.3 Å². The average Bonchev–Trinajstić information content (AvgIpc) is 2.17. The van der Waals surface area contributed by atoms with E-state index in [-0.39, 0.29) is 5.91 Å². The van der Waals surface area contributed by atoms with Crippen molar-refractivity contribution in [3.8, 4) is 0 Å². The number of hydrogen-bond acceptors (Lipinski definition) is 3. The van der Waals surface area contributed by atoms with E-state index in [4.69, 9.17) is 0 Å². The highest BCUT2D eigenvalue weighted by Gasteiger charge is 2.17. The van der Waals surface area contributed by atoms with E-state index in [9.17, 15) is 4.79 Å². The first-order valence-electron chi connectivity index (χ1n) is 5.45. The number of piperazine rings is 1. The highest BCUT2D eigenvalue weighted by Crippen LogP contribution is 2.02. The quantitative estimate of drug-likeness (QED) is 0.659. The molecule has 2 N–H and O–H groups in total. The van der Waals surface area contributed by atoms with Crippen LogP contribution in [0.5, 0.6) is 0 Å². The van der Waals surface area contributed by atoms with Crippen molar-refractivity contribution >= 4 is 5.91 Å². The molecule has 82 valence electrons. The Kier molecular flexibility index (Phi) is 4.90. The third kappa shape index (κ3) is 3.64. The number of hydrogen-bond donors (Lipinski definition) is 2. The van der Waals surface area contributed by atoms with Gasteiger partial charge in [-0.3, -0.25) is 9.69 Å². The lowest BCUT2D eigenvalue weighted by Gasteiger charge is -2.33. The van der Waals surface area contributed by atoms with Gasteiger partial charge in [-0.2, -0.15) is 0 Å². The fraction of sp³-hybridized carbons (Fsp3) is 0.900. The molecule has 1 saturated heterocycles.